The molecule has 0 unspecified atom stereocenters. The van der Waals surface area contributed by atoms with Crippen molar-refractivity contribution >= 4 is 61.8 Å². The molecule has 0 fully saturated rings. The van der Waals surface area contributed by atoms with Crippen molar-refractivity contribution in [3.8, 4) is 33.6 Å². The Hall–Kier alpha value is -5.12. The first kappa shape index (κ1) is 24.5. The molecular weight excluding hydrogens is 537 g/mol. The number of hydrogen-bond acceptors (Lipinski definition) is 2. The average molecular weight is 566 g/mol. The minimum atomic E-state index is -2.44. The van der Waals surface area contributed by atoms with Gasteiger partial charge in [-0.15, -0.1) is 0 Å². The Bertz CT molecular complexity index is 2440. The maximum absolute atomic E-state index is 5.31. The van der Waals surface area contributed by atoms with Crippen LogP contribution in [0.2, 0.25) is 13.1 Å². The second-order valence-corrected chi connectivity index (χ2v) is 17.4. The van der Waals surface area contributed by atoms with Gasteiger partial charge in [0.1, 0.15) is 0 Å². The number of rotatable bonds is 2. The summed E-state index contributed by atoms with van der Waals surface area (Å²) in [5, 5.41) is 10.4. The maximum atomic E-state index is 5.31. The van der Waals surface area contributed by atoms with Crippen molar-refractivity contribution in [1.29, 1.82) is 0 Å². The molecule has 0 saturated carbocycles. The SMILES string of the molecule is C[SiH-]1(C)c2ccccc2-c2ccc3c(-c4ccc5ccccc5n4)c4ccccc4c(-c4ccc5ccccc5n4)c3c21. The summed E-state index contributed by atoms with van der Waals surface area (Å²) in [6.07, 6.45) is 0. The van der Waals surface area contributed by atoms with Crippen LogP contribution in [0.25, 0.3) is 77.0 Å². The minimum absolute atomic E-state index is 1.01. The van der Waals surface area contributed by atoms with Crippen LogP contribution in [0.15, 0.2) is 133 Å². The molecule has 9 rings (SSSR count). The number of fused-ring (bicyclic) bond motifs is 8. The third kappa shape index (κ3) is 3.46. The molecule has 0 amide bonds. The Labute approximate surface area is 251 Å². The van der Waals surface area contributed by atoms with Crippen molar-refractivity contribution in [3.63, 3.8) is 0 Å². The molecule has 2 nitrogen and oxygen atoms in total. The Balaban J connectivity index is 1.50. The second kappa shape index (κ2) is 8.94. The summed E-state index contributed by atoms with van der Waals surface area (Å²) in [6.45, 7) is 5.08. The van der Waals surface area contributed by atoms with E-state index in [1.54, 1.807) is 0 Å². The molecule has 3 heterocycles. The van der Waals surface area contributed by atoms with Gasteiger partial charge in [-0.3, -0.25) is 0 Å². The molecule has 0 radical (unpaired) electrons. The predicted octanol–water partition coefficient (Wildman–Crippen LogP) is 8.96. The summed E-state index contributed by atoms with van der Waals surface area (Å²) in [4.78, 5) is 10.6. The fourth-order valence-corrected chi connectivity index (χ4v) is 11.7. The molecule has 204 valence electrons. The average Bonchev–Trinajstić information content (AvgIpc) is 3.29. The Morgan fingerprint density at radius 3 is 1.70 bits per heavy atom. The third-order valence-electron chi connectivity index (χ3n) is 9.69. The van der Waals surface area contributed by atoms with Gasteiger partial charge in [0.15, 0.2) is 0 Å². The number of pyridine rings is 2. The molecule has 0 saturated heterocycles. The van der Waals surface area contributed by atoms with Gasteiger partial charge in [0, 0.05) is 0 Å². The molecule has 6 aromatic carbocycles. The van der Waals surface area contributed by atoms with Gasteiger partial charge in [0.2, 0.25) is 0 Å². The molecule has 0 aliphatic carbocycles. The van der Waals surface area contributed by atoms with Crippen molar-refractivity contribution in [2.45, 2.75) is 13.1 Å². The van der Waals surface area contributed by atoms with Gasteiger partial charge in [0.05, 0.1) is 0 Å². The van der Waals surface area contributed by atoms with E-state index in [2.05, 4.69) is 147 Å². The van der Waals surface area contributed by atoms with Gasteiger partial charge < -0.3 is 0 Å². The van der Waals surface area contributed by atoms with E-state index < -0.39 is 8.07 Å². The van der Waals surface area contributed by atoms with Crippen molar-refractivity contribution in [1.82, 2.24) is 9.97 Å². The van der Waals surface area contributed by atoms with Crippen LogP contribution >= 0.6 is 0 Å². The van der Waals surface area contributed by atoms with Gasteiger partial charge in [-0.1, -0.05) is 0 Å². The first-order chi connectivity index (χ1) is 21.1. The number of hydrogen-bond donors (Lipinski definition) is 0. The van der Waals surface area contributed by atoms with E-state index in [0.29, 0.717) is 0 Å². The van der Waals surface area contributed by atoms with E-state index in [1.807, 2.05) is 0 Å². The van der Waals surface area contributed by atoms with Gasteiger partial charge >= 0.3 is 252 Å². The van der Waals surface area contributed by atoms with Gasteiger partial charge in [0.25, 0.3) is 0 Å². The topological polar surface area (TPSA) is 25.8 Å². The van der Waals surface area contributed by atoms with Crippen LogP contribution in [0.5, 0.6) is 0 Å². The van der Waals surface area contributed by atoms with E-state index in [9.17, 15) is 0 Å². The molecule has 2 aromatic heterocycles. The monoisotopic (exact) mass is 565 g/mol. The Morgan fingerprint density at radius 1 is 0.442 bits per heavy atom. The van der Waals surface area contributed by atoms with Crippen LogP contribution < -0.4 is 10.4 Å². The van der Waals surface area contributed by atoms with Crippen molar-refractivity contribution < 1.29 is 0 Å². The van der Waals surface area contributed by atoms with E-state index >= 15 is 0 Å². The standard InChI is InChI=1S/C40H29N2Si/c1-43(2)36-18-10-7-13-27(36)30-21-22-31-37(34-23-19-25-11-3-8-16-32(25)41-34)28-14-5-6-15-29(28)38(39(31)40(30)43)35-24-20-26-12-4-9-17-33(26)42-35/h3-24,43H,1-2H3/q-1. The molecule has 43 heavy (non-hydrogen) atoms. The molecule has 1 aliphatic rings. The summed E-state index contributed by atoms with van der Waals surface area (Å²) >= 11 is 0. The molecule has 1 aliphatic heterocycles. The molecule has 0 spiro atoms. The number of nitrogens with zero attached hydrogens (tertiary/aromatic N) is 2. The molecule has 0 N–H and O–H groups in total. The fraction of sp³-hybridized carbons (Fsp3) is 0.0500. The number of benzene rings is 6. The zero-order valence-electron chi connectivity index (χ0n) is 24.2. The molecule has 0 atom stereocenters. The van der Waals surface area contributed by atoms with E-state index in [1.165, 1.54) is 54.2 Å². The van der Waals surface area contributed by atoms with Crippen molar-refractivity contribution in [2.75, 3.05) is 0 Å². The van der Waals surface area contributed by atoms with E-state index in [-0.39, 0.29) is 0 Å². The summed E-state index contributed by atoms with van der Waals surface area (Å²) in [5.74, 6) is 0. The summed E-state index contributed by atoms with van der Waals surface area (Å²) < 4.78 is 0. The molecule has 3 heteroatoms. The van der Waals surface area contributed by atoms with Gasteiger partial charge in [-0.05, 0) is 0 Å². The van der Waals surface area contributed by atoms with Gasteiger partial charge in [-0.2, -0.15) is 0 Å². The van der Waals surface area contributed by atoms with E-state index in [4.69, 9.17) is 9.97 Å². The first-order valence-corrected chi connectivity index (χ1v) is 18.6. The normalized spacial score (nSPS) is 14.3. The first-order valence-electron chi connectivity index (χ1n) is 15.2. The van der Waals surface area contributed by atoms with Crippen LogP contribution in [0.4, 0.5) is 0 Å². The number of aromatic nitrogens is 2. The zero-order valence-corrected chi connectivity index (χ0v) is 25.3. The summed E-state index contributed by atoms with van der Waals surface area (Å²) in [5.41, 5.74) is 9.29. The van der Waals surface area contributed by atoms with Crippen molar-refractivity contribution in [2.24, 2.45) is 0 Å². The zero-order chi connectivity index (χ0) is 28.7. The fourth-order valence-electron chi connectivity index (χ4n) is 7.76. The second-order valence-electron chi connectivity index (χ2n) is 12.5. The Kier molecular flexibility index (Phi) is 5.09. The van der Waals surface area contributed by atoms with Crippen molar-refractivity contribution in [3.05, 3.63) is 133 Å². The van der Waals surface area contributed by atoms with Crippen LogP contribution in [0.3, 0.4) is 0 Å². The predicted molar refractivity (Wildman–Crippen MR) is 187 cm³/mol. The third-order valence-corrected chi connectivity index (χ3v) is 13.8. The van der Waals surface area contributed by atoms with Crippen LogP contribution in [-0.2, 0) is 0 Å². The molecular formula is C40H29N2Si-. The van der Waals surface area contributed by atoms with Crippen LogP contribution in [-0.4, -0.2) is 18.0 Å². The van der Waals surface area contributed by atoms with Gasteiger partial charge in [-0.25, -0.2) is 0 Å². The van der Waals surface area contributed by atoms with Crippen LogP contribution in [0, 0.1) is 0 Å². The number of para-hydroxylation sites is 2. The Morgan fingerprint density at radius 2 is 1.00 bits per heavy atom. The van der Waals surface area contributed by atoms with E-state index in [0.717, 1.165) is 33.2 Å². The summed E-state index contributed by atoms with van der Waals surface area (Å²) in [6, 6.07) is 48.3. The molecule has 8 aromatic rings. The summed E-state index contributed by atoms with van der Waals surface area (Å²) in [7, 11) is -2.44. The quantitative estimate of drug-likeness (QED) is 0.154. The van der Waals surface area contributed by atoms with Crippen LogP contribution in [0.1, 0.15) is 0 Å². The molecule has 0 bridgehead atoms.